The zero-order chi connectivity index (χ0) is 15.8. The number of anilines is 1. The summed E-state index contributed by atoms with van der Waals surface area (Å²) in [4.78, 5) is 18.0. The van der Waals surface area contributed by atoms with Gasteiger partial charge in [0.1, 0.15) is 0 Å². The second-order valence-electron chi connectivity index (χ2n) is 7.20. The van der Waals surface area contributed by atoms with Crippen molar-refractivity contribution in [3.8, 4) is 0 Å². The highest BCUT2D eigenvalue weighted by atomic mass is 16.1. The van der Waals surface area contributed by atoms with Crippen LogP contribution in [0.15, 0.2) is 24.4 Å². The van der Waals surface area contributed by atoms with Crippen LogP contribution in [0.4, 0.5) is 5.69 Å². The maximum Gasteiger partial charge on any atom is 0.227 e. The summed E-state index contributed by atoms with van der Waals surface area (Å²) < 4.78 is 0. The quantitative estimate of drug-likeness (QED) is 0.907. The number of hydrogen-bond acceptors (Lipinski definition) is 2. The summed E-state index contributed by atoms with van der Waals surface area (Å²) in [6.07, 6.45) is 7.86. The van der Waals surface area contributed by atoms with E-state index in [1.54, 1.807) is 0 Å². The fourth-order valence-corrected chi connectivity index (χ4v) is 3.79. The van der Waals surface area contributed by atoms with Gasteiger partial charge in [-0.2, -0.15) is 0 Å². The van der Waals surface area contributed by atoms with Gasteiger partial charge in [-0.15, -0.1) is 0 Å². The molecule has 2 N–H and O–H groups in total. The molecule has 0 spiro atoms. The molecule has 23 heavy (non-hydrogen) atoms. The van der Waals surface area contributed by atoms with Crippen LogP contribution in [0.3, 0.4) is 0 Å². The molecule has 1 aliphatic carbocycles. The number of hydrogen-bond donors (Lipinski definition) is 2. The Hall–Kier alpha value is -1.81. The minimum Gasteiger partial charge on any atom is -0.361 e. The Labute approximate surface area is 137 Å². The standard InChI is InChI=1S/C19H25N3O/c1-22-9-7-13(8-10-22)17-12-20-18-6-5-15(11-16(17)18)21-19(23)14-3-2-4-14/h5-6,11-14,20H,2-4,7-10H2,1H3,(H,21,23). The maximum absolute atomic E-state index is 12.2. The van der Waals surface area contributed by atoms with Crippen LogP contribution in [0.1, 0.15) is 43.6 Å². The molecule has 0 bridgehead atoms. The van der Waals surface area contributed by atoms with Gasteiger partial charge in [-0.3, -0.25) is 4.79 Å². The number of nitrogens with zero attached hydrogens (tertiary/aromatic N) is 1. The van der Waals surface area contributed by atoms with Gasteiger partial charge in [-0.25, -0.2) is 0 Å². The number of piperidine rings is 1. The monoisotopic (exact) mass is 311 g/mol. The number of nitrogens with one attached hydrogen (secondary N) is 2. The van der Waals surface area contributed by atoms with Crippen molar-refractivity contribution in [2.45, 2.75) is 38.0 Å². The zero-order valence-electron chi connectivity index (χ0n) is 13.8. The molecule has 4 nitrogen and oxygen atoms in total. The highest BCUT2D eigenvalue weighted by Crippen LogP contribution is 2.34. The van der Waals surface area contributed by atoms with E-state index in [2.05, 4.69) is 40.6 Å². The molecular weight excluding hydrogens is 286 g/mol. The van der Waals surface area contributed by atoms with Crippen LogP contribution in [-0.4, -0.2) is 35.9 Å². The molecule has 2 heterocycles. The molecule has 1 amide bonds. The largest absolute Gasteiger partial charge is 0.361 e. The molecule has 1 aromatic carbocycles. The third kappa shape index (κ3) is 2.88. The molecule has 2 fully saturated rings. The van der Waals surface area contributed by atoms with Crippen LogP contribution in [0.5, 0.6) is 0 Å². The summed E-state index contributed by atoms with van der Waals surface area (Å²) in [5.41, 5.74) is 3.51. The number of H-pyrrole nitrogens is 1. The van der Waals surface area contributed by atoms with Gasteiger partial charge in [0.2, 0.25) is 5.91 Å². The number of fused-ring (bicyclic) bond motifs is 1. The minimum absolute atomic E-state index is 0.187. The molecule has 1 aromatic heterocycles. The van der Waals surface area contributed by atoms with E-state index in [0.717, 1.165) is 31.6 Å². The Morgan fingerprint density at radius 1 is 1.22 bits per heavy atom. The summed E-state index contributed by atoms with van der Waals surface area (Å²) in [7, 11) is 2.19. The van der Waals surface area contributed by atoms with Gasteiger partial charge in [-0.05, 0) is 75.5 Å². The molecule has 0 unspecified atom stereocenters. The molecule has 1 saturated carbocycles. The minimum atomic E-state index is 0.187. The molecule has 1 saturated heterocycles. The fourth-order valence-electron chi connectivity index (χ4n) is 3.79. The first kappa shape index (κ1) is 14.8. The van der Waals surface area contributed by atoms with Crippen molar-refractivity contribution in [2.24, 2.45) is 5.92 Å². The molecule has 4 rings (SSSR count). The van der Waals surface area contributed by atoms with Gasteiger partial charge in [0.15, 0.2) is 0 Å². The number of rotatable bonds is 3. The Kier molecular flexibility index (Phi) is 3.85. The average molecular weight is 311 g/mol. The summed E-state index contributed by atoms with van der Waals surface area (Å²) in [6, 6.07) is 6.24. The lowest BCUT2D eigenvalue weighted by molar-refractivity contribution is -0.122. The summed E-state index contributed by atoms with van der Waals surface area (Å²) >= 11 is 0. The topological polar surface area (TPSA) is 48.1 Å². The van der Waals surface area contributed by atoms with Crippen LogP contribution >= 0.6 is 0 Å². The van der Waals surface area contributed by atoms with Crippen molar-refractivity contribution in [3.05, 3.63) is 30.0 Å². The zero-order valence-corrected chi connectivity index (χ0v) is 13.8. The van der Waals surface area contributed by atoms with Crippen LogP contribution in [0, 0.1) is 5.92 Å². The lowest BCUT2D eigenvalue weighted by Crippen LogP contribution is -2.29. The Balaban J connectivity index is 1.57. The van der Waals surface area contributed by atoms with Gasteiger partial charge >= 0.3 is 0 Å². The molecular formula is C19H25N3O. The summed E-state index contributed by atoms with van der Waals surface area (Å²) in [5, 5.41) is 4.37. The number of amides is 1. The van der Waals surface area contributed by atoms with Crippen LogP contribution in [-0.2, 0) is 4.79 Å². The fraction of sp³-hybridized carbons (Fsp3) is 0.526. The molecule has 1 aliphatic heterocycles. The van der Waals surface area contributed by atoms with Crippen molar-refractivity contribution < 1.29 is 4.79 Å². The first-order chi connectivity index (χ1) is 11.2. The molecule has 2 aliphatic rings. The van der Waals surface area contributed by atoms with E-state index in [1.165, 1.54) is 35.7 Å². The predicted molar refractivity (Wildman–Crippen MR) is 93.7 cm³/mol. The molecule has 4 heteroatoms. The van der Waals surface area contributed by atoms with Crippen molar-refractivity contribution in [1.29, 1.82) is 0 Å². The maximum atomic E-state index is 12.2. The SMILES string of the molecule is CN1CCC(c2c[nH]c3ccc(NC(=O)C4CCC4)cc23)CC1. The first-order valence-corrected chi connectivity index (χ1v) is 8.81. The smallest absolute Gasteiger partial charge is 0.227 e. The molecule has 2 aromatic rings. The lowest BCUT2D eigenvalue weighted by Gasteiger charge is -2.28. The summed E-state index contributed by atoms with van der Waals surface area (Å²) in [5.74, 6) is 1.04. The highest BCUT2D eigenvalue weighted by Gasteiger charge is 2.25. The van der Waals surface area contributed by atoms with E-state index in [1.807, 2.05) is 6.07 Å². The van der Waals surface area contributed by atoms with Gasteiger partial charge in [0, 0.05) is 28.7 Å². The normalized spacial score (nSPS) is 20.6. The molecule has 122 valence electrons. The van der Waals surface area contributed by atoms with Crippen LogP contribution in [0.25, 0.3) is 10.9 Å². The van der Waals surface area contributed by atoms with Crippen molar-refractivity contribution in [2.75, 3.05) is 25.5 Å². The Bertz CT molecular complexity index is 708. The van der Waals surface area contributed by atoms with Crippen molar-refractivity contribution >= 4 is 22.5 Å². The van der Waals surface area contributed by atoms with Gasteiger partial charge in [0.25, 0.3) is 0 Å². The second kappa shape index (κ2) is 6.00. The third-order valence-electron chi connectivity index (χ3n) is 5.62. The Morgan fingerprint density at radius 3 is 2.70 bits per heavy atom. The lowest BCUT2D eigenvalue weighted by atomic mass is 9.85. The second-order valence-corrected chi connectivity index (χ2v) is 7.20. The van der Waals surface area contributed by atoms with E-state index in [0.29, 0.717) is 5.92 Å². The molecule has 0 radical (unpaired) electrons. The number of benzene rings is 1. The number of likely N-dealkylation sites (tertiary alicyclic amines) is 1. The molecule has 0 atom stereocenters. The van der Waals surface area contributed by atoms with Gasteiger partial charge < -0.3 is 15.2 Å². The van der Waals surface area contributed by atoms with E-state index in [9.17, 15) is 4.79 Å². The van der Waals surface area contributed by atoms with Crippen molar-refractivity contribution in [3.63, 3.8) is 0 Å². The number of carbonyl (C=O) groups excluding carboxylic acids is 1. The van der Waals surface area contributed by atoms with Crippen molar-refractivity contribution in [1.82, 2.24) is 9.88 Å². The first-order valence-electron chi connectivity index (χ1n) is 8.81. The van der Waals surface area contributed by atoms with E-state index < -0.39 is 0 Å². The summed E-state index contributed by atoms with van der Waals surface area (Å²) in [6.45, 7) is 2.32. The van der Waals surface area contributed by atoms with Gasteiger partial charge in [0.05, 0.1) is 0 Å². The van der Waals surface area contributed by atoms with E-state index >= 15 is 0 Å². The van der Waals surface area contributed by atoms with Crippen LogP contribution < -0.4 is 5.32 Å². The Morgan fingerprint density at radius 2 is 2.00 bits per heavy atom. The van der Waals surface area contributed by atoms with Gasteiger partial charge in [-0.1, -0.05) is 6.42 Å². The number of carbonyl (C=O) groups is 1. The van der Waals surface area contributed by atoms with E-state index in [4.69, 9.17) is 0 Å². The number of aromatic amines is 1. The third-order valence-corrected chi connectivity index (χ3v) is 5.62. The van der Waals surface area contributed by atoms with E-state index in [-0.39, 0.29) is 11.8 Å². The average Bonchev–Trinajstić information content (AvgIpc) is 2.89. The number of aromatic nitrogens is 1. The predicted octanol–water partition coefficient (Wildman–Crippen LogP) is 3.72. The van der Waals surface area contributed by atoms with Crippen LogP contribution in [0.2, 0.25) is 0 Å². The highest BCUT2D eigenvalue weighted by molar-refractivity contribution is 5.96.